The van der Waals surface area contributed by atoms with Crippen LogP contribution in [0.1, 0.15) is 42.4 Å². The SMILES string of the molecule is COc1nc(C)c(I)c(C)c1C(=O)OC(C)(C)C. The second-order valence-corrected chi connectivity index (χ2v) is 6.10. The van der Waals surface area contributed by atoms with Crippen molar-refractivity contribution in [3.05, 3.63) is 20.4 Å². The fourth-order valence-corrected chi connectivity index (χ4v) is 1.91. The first-order valence-electron chi connectivity index (χ1n) is 5.61. The van der Waals surface area contributed by atoms with Gasteiger partial charge in [-0.15, -0.1) is 0 Å². The van der Waals surface area contributed by atoms with Crippen molar-refractivity contribution in [2.75, 3.05) is 7.11 Å². The summed E-state index contributed by atoms with van der Waals surface area (Å²) in [5.74, 6) is -0.0815. The summed E-state index contributed by atoms with van der Waals surface area (Å²) in [6.07, 6.45) is 0. The molecular formula is C13H18INO3. The van der Waals surface area contributed by atoms with E-state index in [0.29, 0.717) is 11.4 Å². The minimum atomic E-state index is -0.537. The molecule has 4 nitrogen and oxygen atoms in total. The number of aromatic nitrogens is 1. The monoisotopic (exact) mass is 363 g/mol. The van der Waals surface area contributed by atoms with Gasteiger partial charge in [0.05, 0.1) is 12.8 Å². The van der Waals surface area contributed by atoms with E-state index in [1.807, 2.05) is 34.6 Å². The van der Waals surface area contributed by atoms with Gasteiger partial charge in [-0.05, 0) is 62.8 Å². The van der Waals surface area contributed by atoms with E-state index in [-0.39, 0.29) is 0 Å². The average molecular weight is 363 g/mol. The van der Waals surface area contributed by atoms with Gasteiger partial charge < -0.3 is 9.47 Å². The van der Waals surface area contributed by atoms with Crippen molar-refractivity contribution in [1.82, 2.24) is 4.98 Å². The molecule has 1 aromatic heterocycles. The number of hydrogen-bond donors (Lipinski definition) is 0. The lowest BCUT2D eigenvalue weighted by Crippen LogP contribution is -2.25. The highest BCUT2D eigenvalue weighted by Gasteiger charge is 2.25. The van der Waals surface area contributed by atoms with Crippen molar-refractivity contribution in [2.24, 2.45) is 0 Å². The third-order valence-corrected chi connectivity index (χ3v) is 3.89. The van der Waals surface area contributed by atoms with Crippen LogP contribution in [0.5, 0.6) is 5.88 Å². The first kappa shape index (κ1) is 15.2. The molecule has 0 aliphatic heterocycles. The number of esters is 1. The second-order valence-electron chi connectivity index (χ2n) is 5.02. The number of rotatable bonds is 2. The van der Waals surface area contributed by atoms with Crippen molar-refractivity contribution < 1.29 is 14.3 Å². The molecule has 0 unspecified atom stereocenters. The van der Waals surface area contributed by atoms with E-state index in [1.165, 1.54) is 7.11 Å². The number of carbonyl (C=O) groups is 1. The lowest BCUT2D eigenvalue weighted by Gasteiger charge is -2.21. The standard InChI is InChI=1S/C13H18INO3/c1-7-9(12(16)18-13(3,4)5)11(17-6)15-8(2)10(7)14/h1-6H3. The number of carbonyl (C=O) groups excluding carboxylic acids is 1. The van der Waals surface area contributed by atoms with Crippen LogP contribution in [0.3, 0.4) is 0 Å². The van der Waals surface area contributed by atoms with Crippen molar-refractivity contribution in [3.63, 3.8) is 0 Å². The van der Waals surface area contributed by atoms with Crippen LogP contribution < -0.4 is 4.74 Å². The van der Waals surface area contributed by atoms with Crippen LogP contribution in [0.4, 0.5) is 0 Å². The summed E-state index contributed by atoms with van der Waals surface area (Å²) in [4.78, 5) is 16.5. The molecule has 18 heavy (non-hydrogen) atoms. The zero-order chi connectivity index (χ0) is 14.1. The number of nitrogens with zero attached hydrogens (tertiary/aromatic N) is 1. The summed E-state index contributed by atoms with van der Waals surface area (Å²) >= 11 is 2.17. The lowest BCUT2D eigenvalue weighted by atomic mass is 10.1. The molecule has 0 aliphatic rings. The first-order chi connectivity index (χ1) is 8.17. The van der Waals surface area contributed by atoms with Gasteiger partial charge in [0, 0.05) is 3.57 Å². The Labute approximate surface area is 121 Å². The molecule has 0 aromatic carbocycles. The normalized spacial score (nSPS) is 11.3. The fourth-order valence-electron chi connectivity index (χ4n) is 1.52. The summed E-state index contributed by atoms with van der Waals surface area (Å²) in [5.41, 5.74) is 1.55. The number of hydrogen-bond acceptors (Lipinski definition) is 4. The highest BCUT2D eigenvalue weighted by molar-refractivity contribution is 14.1. The molecule has 0 atom stereocenters. The second kappa shape index (κ2) is 5.42. The van der Waals surface area contributed by atoms with Crippen molar-refractivity contribution in [3.8, 4) is 5.88 Å². The highest BCUT2D eigenvalue weighted by Crippen LogP contribution is 2.28. The van der Waals surface area contributed by atoms with Gasteiger partial charge >= 0.3 is 5.97 Å². The Morgan fingerprint density at radius 1 is 1.28 bits per heavy atom. The lowest BCUT2D eigenvalue weighted by molar-refractivity contribution is 0.00648. The number of pyridine rings is 1. The topological polar surface area (TPSA) is 48.4 Å². The molecule has 0 spiro atoms. The zero-order valence-corrected chi connectivity index (χ0v) is 13.7. The Kier molecular flexibility index (Phi) is 4.58. The van der Waals surface area contributed by atoms with E-state index < -0.39 is 11.6 Å². The van der Waals surface area contributed by atoms with Crippen LogP contribution in [0.2, 0.25) is 0 Å². The van der Waals surface area contributed by atoms with E-state index in [0.717, 1.165) is 14.8 Å². The van der Waals surface area contributed by atoms with Crippen molar-refractivity contribution in [1.29, 1.82) is 0 Å². The van der Waals surface area contributed by atoms with Gasteiger partial charge in [-0.2, -0.15) is 0 Å². The molecule has 100 valence electrons. The van der Waals surface area contributed by atoms with Crippen LogP contribution in [0.15, 0.2) is 0 Å². The predicted molar refractivity (Wildman–Crippen MR) is 78.1 cm³/mol. The number of methoxy groups -OCH3 is 1. The van der Waals surface area contributed by atoms with Crippen LogP contribution >= 0.6 is 22.6 Å². The Morgan fingerprint density at radius 3 is 2.28 bits per heavy atom. The molecule has 0 amide bonds. The molecule has 0 N–H and O–H groups in total. The van der Waals surface area contributed by atoms with E-state index in [2.05, 4.69) is 27.6 Å². The van der Waals surface area contributed by atoms with Gasteiger partial charge in [-0.1, -0.05) is 0 Å². The minimum absolute atomic E-state index is 0.319. The van der Waals surface area contributed by atoms with Gasteiger partial charge in [0.15, 0.2) is 0 Å². The fraction of sp³-hybridized carbons (Fsp3) is 0.538. The molecule has 0 bridgehead atoms. The molecule has 0 saturated heterocycles. The quantitative estimate of drug-likeness (QED) is 0.598. The summed E-state index contributed by atoms with van der Waals surface area (Å²) in [7, 11) is 1.50. The Morgan fingerprint density at radius 2 is 1.83 bits per heavy atom. The van der Waals surface area contributed by atoms with Gasteiger partial charge in [-0.3, -0.25) is 0 Å². The van der Waals surface area contributed by atoms with Crippen LogP contribution in [0, 0.1) is 17.4 Å². The molecule has 0 radical (unpaired) electrons. The largest absolute Gasteiger partial charge is 0.480 e. The van der Waals surface area contributed by atoms with E-state index in [4.69, 9.17) is 9.47 Å². The molecule has 0 fully saturated rings. The molecule has 0 saturated carbocycles. The van der Waals surface area contributed by atoms with Crippen molar-refractivity contribution in [2.45, 2.75) is 40.2 Å². The zero-order valence-electron chi connectivity index (χ0n) is 11.5. The number of halogens is 1. The van der Waals surface area contributed by atoms with Gasteiger partial charge in [0.25, 0.3) is 0 Å². The van der Waals surface area contributed by atoms with Gasteiger partial charge in [0.2, 0.25) is 5.88 Å². The molecule has 1 heterocycles. The van der Waals surface area contributed by atoms with Crippen molar-refractivity contribution >= 4 is 28.6 Å². The van der Waals surface area contributed by atoms with Crippen LogP contribution in [-0.4, -0.2) is 23.7 Å². The summed E-state index contributed by atoms with van der Waals surface area (Å²) in [6, 6.07) is 0. The molecule has 5 heteroatoms. The molecule has 0 aliphatic carbocycles. The Balaban J connectivity index is 3.31. The smallest absolute Gasteiger partial charge is 0.344 e. The highest BCUT2D eigenvalue weighted by atomic mass is 127. The van der Waals surface area contributed by atoms with E-state index in [1.54, 1.807) is 0 Å². The van der Waals surface area contributed by atoms with Crippen LogP contribution in [0.25, 0.3) is 0 Å². The van der Waals surface area contributed by atoms with E-state index >= 15 is 0 Å². The average Bonchev–Trinajstić information content (AvgIpc) is 2.22. The maximum absolute atomic E-state index is 12.2. The van der Waals surface area contributed by atoms with Gasteiger partial charge in [0.1, 0.15) is 11.2 Å². The Hall–Kier alpha value is -0.850. The molecule has 1 rings (SSSR count). The number of ether oxygens (including phenoxy) is 2. The summed E-state index contributed by atoms with van der Waals surface area (Å²) in [6.45, 7) is 9.26. The predicted octanol–water partition coefficient (Wildman–Crippen LogP) is 3.27. The minimum Gasteiger partial charge on any atom is -0.480 e. The maximum atomic E-state index is 12.2. The molecular weight excluding hydrogens is 345 g/mol. The maximum Gasteiger partial charge on any atom is 0.344 e. The Bertz CT molecular complexity index is 478. The van der Waals surface area contributed by atoms with Crippen LogP contribution in [-0.2, 0) is 4.74 Å². The number of aryl methyl sites for hydroxylation is 1. The third-order valence-electron chi connectivity index (χ3n) is 2.30. The summed E-state index contributed by atoms with van der Waals surface area (Å²) < 4.78 is 11.5. The summed E-state index contributed by atoms with van der Waals surface area (Å²) in [5, 5.41) is 0. The first-order valence-corrected chi connectivity index (χ1v) is 6.69. The van der Waals surface area contributed by atoms with E-state index in [9.17, 15) is 4.79 Å². The molecule has 1 aromatic rings. The van der Waals surface area contributed by atoms with Gasteiger partial charge in [-0.25, -0.2) is 9.78 Å². The third kappa shape index (κ3) is 3.34.